The highest BCUT2D eigenvalue weighted by Gasteiger charge is 2.28. The van der Waals surface area contributed by atoms with Crippen molar-refractivity contribution in [1.29, 1.82) is 0 Å². The summed E-state index contributed by atoms with van der Waals surface area (Å²) in [7, 11) is 0. The normalized spacial score (nSPS) is 16.6. The molecule has 0 atom stereocenters. The van der Waals surface area contributed by atoms with E-state index in [2.05, 4.69) is 122 Å². The molecule has 0 amide bonds. The van der Waals surface area contributed by atoms with Crippen LogP contribution in [0.4, 0.5) is 5.69 Å². The number of hydrogen-bond acceptors (Lipinski definition) is 6. The van der Waals surface area contributed by atoms with Gasteiger partial charge in [-0.2, -0.15) is 4.57 Å². The van der Waals surface area contributed by atoms with Gasteiger partial charge in [-0.1, -0.05) is 78.9 Å². The van der Waals surface area contributed by atoms with Crippen LogP contribution in [0.3, 0.4) is 0 Å². The van der Waals surface area contributed by atoms with E-state index in [9.17, 15) is 0 Å². The highest BCUT2D eigenvalue weighted by Crippen LogP contribution is 2.38. The van der Waals surface area contributed by atoms with Gasteiger partial charge in [-0.3, -0.25) is 4.99 Å². The summed E-state index contributed by atoms with van der Waals surface area (Å²) in [6.45, 7) is 8.89. The molecule has 1 aromatic heterocycles. The molecule has 0 unspecified atom stereocenters. The van der Waals surface area contributed by atoms with Gasteiger partial charge in [0, 0.05) is 56.3 Å². The molecule has 0 radical (unpaired) electrons. The molecule has 4 aromatic rings. The van der Waals surface area contributed by atoms with Crippen LogP contribution in [0.1, 0.15) is 47.9 Å². The zero-order valence-corrected chi connectivity index (χ0v) is 25.9. The maximum atomic E-state index is 4.68. The summed E-state index contributed by atoms with van der Waals surface area (Å²) in [5.41, 5.74) is 8.01. The Bertz CT molecular complexity index is 1680. The van der Waals surface area contributed by atoms with Crippen molar-refractivity contribution in [2.75, 3.05) is 37.6 Å². The first-order chi connectivity index (χ1) is 21.3. The monoisotopic (exact) mass is 589 g/mol. The van der Waals surface area contributed by atoms with Gasteiger partial charge in [-0.15, -0.1) is 0 Å². The predicted octanol–water partition coefficient (Wildman–Crippen LogP) is 6.19. The zero-order chi connectivity index (χ0) is 29.0. The summed E-state index contributed by atoms with van der Waals surface area (Å²) < 4.78 is 3.94. The molecule has 0 spiro atoms. The molecule has 0 bridgehead atoms. The number of nitrogens with one attached hydrogen (secondary N) is 2. The van der Waals surface area contributed by atoms with Gasteiger partial charge in [0.15, 0.2) is 12.5 Å². The molecule has 0 saturated heterocycles. The fraction of sp³-hybridized carbons (Fsp3) is 0.333. The molecule has 3 aliphatic heterocycles. The maximum absolute atomic E-state index is 4.68. The second-order valence-electron chi connectivity index (χ2n) is 11.6. The van der Waals surface area contributed by atoms with Gasteiger partial charge in [0.1, 0.15) is 10.5 Å². The second kappa shape index (κ2) is 12.6. The topological polar surface area (TPSA) is 46.8 Å². The fourth-order valence-corrected chi connectivity index (χ4v) is 7.78. The summed E-state index contributed by atoms with van der Waals surface area (Å²) in [5, 5.41) is 8.66. The smallest absolute Gasteiger partial charge is 0.263 e. The molecule has 3 aliphatic rings. The number of guanidine groups is 1. The molecule has 43 heavy (non-hydrogen) atoms. The SMILES string of the molecule is CCCN(CCCNC1=C/C(=C\c2sc3cccc4c3[n+]2CCC4)c2ccccc2N1Cc1ccccc1)C1=NCCN1. The Labute approximate surface area is 259 Å². The number of nitrogens with zero attached hydrogens (tertiary/aromatic N) is 4. The molecule has 0 saturated carbocycles. The Kier molecular flexibility index (Phi) is 8.15. The van der Waals surface area contributed by atoms with E-state index in [1.165, 1.54) is 56.0 Å². The second-order valence-corrected chi connectivity index (χ2v) is 12.6. The molecule has 6 nitrogen and oxygen atoms in total. The minimum absolute atomic E-state index is 0.818. The molecule has 7 rings (SSSR count). The van der Waals surface area contributed by atoms with Crippen LogP contribution >= 0.6 is 11.3 Å². The number of allylic oxidation sites excluding steroid dienone is 2. The highest BCUT2D eigenvalue weighted by atomic mass is 32.1. The van der Waals surface area contributed by atoms with Crippen LogP contribution in [0.5, 0.6) is 0 Å². The predicted molar refractivity (Wildman–Crippen MR) is 180 cm³/mol. The third-order valence-corrected chi connectivity index (χ3v) is 9.67. The Morgan fingerprint density at radius 3 is 2.79 bits per heavy atom. The van der Waals surface area contributed by atoms with E-state index in [0.717, 1.165) is 70.4 Å². The Balaban J connectivity index is 1.21. The van der Waals surface area contributed by atoms with Crippen molar-refractivity contribution < 1.29 is 4.57 Å². The quantitative estimate of drug-likeness (QED) is 0.171. The van der Waals surface area contributed by atoms with Crippen LogP contribution in [0.2, 0.25) is 0 Å². The van der Waals surface area contributed by atoms with Crippen LogP contribution < -0.4 is 20.1 Å². The Morgan fingerprint density at radius 2 is 1.93 bits per heavy atom. The number of rotatable bonds is 10. The third kappa shape index (κ3) is 5.78. The number of thiazole rings is 1. The first-order valence-corrected chi connectivity index (χ1v) is 16.7. The highest BCUT2D eigenvalue weighted by molar-refractivity contribution is 7.19. The lowest BCUT2D eigenvalue weighted by molar-refractivity contribution is -0.671. The summed E-state index contributed by atoms with van der Waals surface area (Å²) in [6, 6.07) is 26.5. The fourth-order valence-electron chi connectivity index (χ4n) is 6.59. The van der Waals surface area contributed by atoms with E-state index in [1.54, 1.807) is 0 Å². The maximum Gasteiger partial charge on any atom is 0.263 e. The number of fused-ring (bicyclic) bond motifs is 1. The molecule has 3 aromatic carbocycles. The van der Waals surface area contributed by atoms with Crippen LogP contribution in [0.15, 0.2) is 89.7 Å². The standard InChI is InChI=1S/C36H40N6S/c1-2-21-40(36-38-19-20-39-36)22-10-18-37-33-24-29(25-34-41-23-9-14-28-13-8-17-32(43-34)35(28)41)30-15-6-7-16-31(30)42(33)26-27-11-4-3-5-12-27/h3-8,11-13,15-17,24-25H,2,9-10,14,18-23,26H2,1H3,(H,38,39)/p+1. The summed E-state index contributed by atoms with van der Waals surface area (Å²) in [6.07, 6.45) is 9.33. The first kappa shape index (κ1) is 27.7. The van der Waals surface area contributed by atoms with Crippen molar-refractivity contribution in [2.24, 2.45) is 4.99 Å². The van der Waals surface area contributed by atoms with Crippen LogP contribution in [0, 0.1) is 0 Å². The summed E-state index contributed by atoms with van der Waals surface area (Å²) in [4.78, 5) is 9.54. The van der Waals surface area contributed by atoms with Crippen LogP contribution in [0.25, 0.3) is 21.9 Å². The third-order valence-electron chi connectivity index (χ3n) is 8.57. The number of anilines is 1. The van der Waals surface area contributed by atoms with E-state index < -0.39 is 0 Å². The number of benzene rings is 3. The van der Waals surface area contributed by atoms with Crippen LogP contribution in [-0.2, 0) is 19.5 Å². The van der Waals surface area contributed by atoms with Gasteiger partial charge in [0.25, 0.3) is 5.01 Å². The van der Waals surface area contributed by atoms with Crippen molar-refractivity contribution in [3.8, 4) is 0 Å². The van der Waals surface area contributed by atoms with Crippen molar-refractivity contribution in [3.63, 3.8) is 0 Å². The molecule has 0 aliphatic carbocycles. The van der Waals surface area contributed by atoms with Gasteiger partial charge >= 0.3 is 0 Å². The Morgan fingerprint density at radius 1 is 1.05 bits per heavy atom. The van der Waals surface area contributed by atoms with Crippen molar-refractivity contribution in [2.45, 2.75) is 45.7 Å². The van der Waals surface area contributed by atoms with E-state index in [0.29, 0.717) is 0 Å². The number of aliphatic imine (C=N–C) groups is 1. The van der Waals surface area contributed by atoms with Gasteiger partial charge < -0.3 is 20.4 Å². The number of aryl methyl sites for hydroxylation is 2. The molecule has 7 heteroatoms. The molecular formula is C36H41N6S+. The molecule has 0 fully saturated rings. The average Bonchev–Trinajstić information content (AvgIpc) is 3.71. The number of aromatic nitrogens is 1. The van der Waals surface area contributed by atoms with E-state index >= 15 is 0 Å². The van der Waals surface area contributed by atoms with Crippen molar-refractivity contribution in [1.82, 2.24) is 15.5 Å². The zero-order valence-electron chi connectivity index (χ0n) is 25.1. The van der Waals surface area contributed by atoms with Gasteiger partial charge in [-0.25, -0.2) is 0 Å². The Hall–Kier alpha value is -4.10. The van der Waals surface area contributed by atoms with E-state index in [-0.39, 0.29) is 0 Å². The average molecular weight is 590 g/mol. The van der Waals surface area contributed by atoms with Gasteiger partial charge in [-0.05, 0) is 48.6 Å². The lowest BCUT2D eigenvalue weighted by Crippen LogP contribution is -2.41. The number of hydrogen-bond donors (Lipinski definition) is 2. The minimum atomic E-state index is 0.818. The molecular weight excluding hydrogens is 549 g/mol. The largest absolute Gasteiger partial charge is 0.371 e. The van der Waals surface area contributed by atoms with E-state index in [4.69, 9.17) is 0 Å². The van der Waals surface area contributed by atoms with Crippen molar-refractivity contribution >= 4 is 44.8 Å². The van der Waals surface area contributed by atoms with Gasteiger partial charge in [0.2, 0.25) is 5.52 Å². The molecule has 2 N–H and O–H groups in total. The lowest BCUT2D eigenvalue weighted by atomic mass is 9.97. The van der Waals surface area contributed by atoms with Crippen LogP contribution in [-0.4, -0.2) is 43.6 Å². The lowest BCUT2D eigenvalue weighted by Gasteiger charge is -2.34. The number of para-hydroxylation sites is 2. The minimum Gasteiger partial charge on any atom is -0.371 e. The molecule has 220 valence electrons. The summed E-state index contributed by atoms with van der Waals surface area (Å²) in [5.74, 6) is 2.23. The van der Waals surface area contributed by atoms with E-state index in [1.807, 2.05) is 11.3 Å². The van der Waals surface area contributed by atoms with Crippen molar-refractivity contribution in [3.05, 3.63) is 106 Å². The van der Waals surface area contributed by atoms with Gasteiger partial charge in [0.05, 0.1) is 12.2 Å². The first-order valence-electron chi connectivity index (χ1n) is 15.8. The molecule has 4 heterocycles. The summed E-state index contributed by atoms with van der Waals surface area (Å²) >= 11 is 1.92.